The molecule has 0 aromatic heterocycles. The van der Waals surface area contributed by atoms with Crippen molar-refractivity contribution in [2.24, 2.45) is 0 Å². The van der Waals surface area contributed by atoms with Crippen LogP contribution in [0.1, 0.15) is 0 Å². The van der Waals surface area contributed by atoms with Gasteiger partial charge in [0.05, 0.1) is 0 Å². The smallest absolute Gasteiger partial charge is 0.440 e. The van der Waals surface area contributed by atoms with Crippen LogP contribution in [-0.2, 0) is 0 Å². The Kier molecular flexibility index (Phi) is 2.42. The molecule has 1 rings (SSSR count). The quantitative estimate of drug-likeness (QED) is 0.629. The highest BCUT2D eigenvalue weighted by Gasteiger charge is 2.44. The molecule has 0 spiro atoms. The van der Waals surface area contributed by atoms with Crippen LogP contribution in [0.25, 0.3) is 0 Å². The van der Waals surface area contributed by atoms with E-state index in [1.165, 1.54) is 24.3 Å². The zero-order valence-corrected chi connectivity index (χ0v) is 6.05. The molecule has 0 saturated carbocycles. The Morgan fingerprint density at radius 3 is 2.00 bits per heavy atom. The van der Waals surface area contributed by atoms with E-state index in [-0.39, 0.29) is 5.46 Å². The fourth-order valence-corrected chi connectivity index (χ4v) is 0.824. The van der Waals surface area contributed by atoms with Gasteiger partial charge in [-0.2, -0.15) is 13.2 Å². The zero-order valence-electron chi connectivity index (χ0n) is 6.05. The molecule has 0 aliphatic rings. The average molecular weight is 174 g/mol. The van der Waals surface area contributed by atoms with Crippen molar-refractivity contribution < 1.29 is 18.2 Å². The lowest BCUT2D eigenvalue weighted by atomic mass is 9.61. The standard InChI is InChI=1S/C7H6BF3O/c9-7(10,11)8(12)6-4-2-1-3-5-6/h1-5,12H. The Labute approximate surface area is 67.9 Å². The van der Waals surface area contributed by atoms with E-state index in [9.17, 15) is 13.2 Å². The normalized spacial score (nSPS) is 11.3. The molecule has 12 heavy (non-hydrogen) atoms. The SMILES string of the molecule is OB(c1ccccc1)C(F)(F)F. The van der Waals surface area contributed by atoms with Crippen LogP contribution in [0.15, 0.2) is 30.3 Å². The molecule has 1 aromatic rings. The second-order valence-corrected chi connectivity index (χ2v) is 2.35. The molecule has 0 saturated heterocycles. The molecule has 0 heterocycles. The summed E-state index contributed by atoms with van der Waals surface area (Å²) in [5.41, 5.74) is -0.134. The molecule has 0 radical (unpaired) electrons. The summed E-state index contributed by atoms with van der Waals surface area (Å²) in [6, 6.07) is 6.96. The minimum atomic E-state index is -4.58. The number of rotatable bonds is 1. The molecule has 5 heteroatoms. The molecule has 0 unspecified atom stereocenters. The van der Waals surface area contributed by atoms with Gasteiger partial charge in [-0.15, -0.1) is 0 Å². The number of alkyl halides is 3. The predicted octanol–water partition coefficient (Wildman–Crippen LogP) is 0.979. The number of hydrogen-bond donors (Lipinski definition) is 1. The lowest BCUT2D eigenvalue weighted by molar-refractivity contribution is -0.0599. The molecular formula is C7H6BF3O. The van der Waals surface area contributed by atoms with Crippen LogP contribution in [0.4, 0.5) is 13.2 Å². The van der Waals surface area contributed by atoms with Crippen molar-refractivity contribution >= 4 is 12.4 Å². The van der Waals surface area contributed by atoms with E-state index in [4.69, 9.17) is 5.02 Å². The van der Waals surface area contributed by atoms with Crippen LogP contribution in [-0.4, -0.2) is 18.0 Å². The summed E-state index contributed by atoms with van der Waals surface area (Å²) in [4.78, 5) is 0. The maximum absolute atomic E-state index is 11.9. The number of hydrogen-bond acceptors (Lipinski definition) is 1. The van der Waals surface area contributed by atoms with Crippen molar-refractivity contribution in [3.63, 3.8) is 0 Å². The Bertz CT molecular complexity index is 247. The summed E-state index contributed by atoms with van der Waals surface area (Å²) in [7, 11) is 0. The molecule has 0 bridgehead atoms. The van der Waals surface area contributed by atoms with E-state index in [2.05, 4.69) is 0 Å². The fourth-order valence-electron chi connectivity index (χ4n) is 0.824. The van der Waals surface area contributed by atoms with Crippen molar-refractivity contribution in [2.45, 2.75) is 6.08 Å². The monoisotopic (exact) mass is 174 g/mol. The average Bonchev–Trinajstić information content (AvgIpc) is 2.03. The Hall–Kier alpha value is -0.965. The second-order valence-electron chi connectivity index (χ2n) is 2.35. The van der Waals surface area contributed by atoms with Crippen LogP contribution < -0.4 is 5.46 Å². The lowest BCUT2D eigenvalue weighted by Crippen LogP contribution is -2.44. The molecule has 1 aromatic carbocycles. The van der Waals surface area contributed by atoms with E-state index in [1.807, 2.05) is 0 Å². The van der Waals surface area contributed by atoms with Gasteiger partial charge in [0.1, 0.15) is 0 Å². The highest BCUT2D eigenvalue weighted by molar-refractivity contribution is 6.67. The highest BCUT2D eigenvalue weighted by atomic mass is 19.4. The maximum atomic E-state index is 11.9. The summed E-state index contributed by atoms with van der Waals surface area (Å²) in [6.07, 6.45) is -4.58. The van der Waals surface area contributed by atoms with Gasteiger partial charge in [-0.1, -0.05) is 30.3 Å². The lowest BCUT2D eigenvalue weighted by Gasteiger charge is -2.09. The van der Waals surface area contributed by atoms with Crippen molar-refractivity contribution in [1.29, 1.82) is 0 Å². The van der Waals surface area contributed by atoms with Gasteiger partial charge in [-0.25, -0.2) is 0 Å². The Morgan fingerprint density at radius 1 is 1.08 bits per heavy atom. The largest absolute Gasteiger partial charge is 0.450 e. The van der Waals surface area contributed by atoms with E-state index in [0.29, 0.717) is 0 Å². The minimum Gasteiger partial charge on any atom is -0.440 e. The molecular weight excluding hydrogens is 168 g/mol. The third-order valence-electron chi connectivity index (χ3n) is 1.43. The van der Waals surface area contributed by atoms with Crippen LogP contribution in [0.3, 0.4) is 0 Å². The van der Waals surface area contributed by atoms with Crippen molar-refractivity contribution in [1.82, 2.24) is 0 Å². The van der Waals surface area contributed by atoms with E-state index >= 15 is 0 Å². The predicted molar refractivity (Wildman–Crippen MR) is 40.1 cm³/mol. The van der Waals surface area contributed by atoms with Gasteiger partial charge >= 0.3 is 13.0 Å². The van der Waals surface area contributed by atoms with Gasteiger partial charge in [0.2, 0.25) is 0 Å². The molecule has 0 atom stereocenters. The molecule has 0 fully saturated rings. The summed E-state index contributed by atoms with van der Waals surface area (Å²) in [5, 5.41) is 8.73. The maximum Gasteiger partial charge on any atom is 0.450 e. The third kappa shape index (κ3) is 2.01. The van der Waals surface area contributed by atoms with Gasteiger partial charge < -0.3 is 5.02 Å². The summed E-state index contributed by atoms with van der Waals surface area (Å²) in [6.45, 7) is -2.38. The summed E-state index contributed by atoms with van der Waals surface area (Å²) in [5.74, 6) is 0. The second kappa shape index (κ2) is 3.19. The Balaban J connectivity index is 2.86. The molecule has 1 nitrogen and oxygen atoms in total. The highest BCUT2D eigenvalue weighted by Crippen LogP contribution is 2.16. The van der Waals surface area contributed by atoms with Gasteiger partial charge in [0.25, 0.3) is 0 Å². The molecule has 0 aliphatic heterocycles. The van der Waals surface area contributed by atoms with Crippen LogP contribution in [0, 0.1) is 0 Å². The summed E-state index contributed by atoms with van der Waals surface area (Å²) < 4.78 is 35.7. The molecule has 0 aliphatic carbocycles. The fraction of sp³-hybridized carbons (Fsp3) is 0.143. The van der Waals surface area contributed by atoms with E-state index in [1.54, 1.807) is 6.07 Å². The van der Waals surface area contributed by atoms with Crippen molar-refractivity contribution in [3.05, 3.63) is 30.3 Å². The van der Waals surface area contributed by atoms with Crippen molar-refractivity contribution in [3.8, 4) is 0 Å². The number of halogens is 3. The Morgan fingerprint density at radius 2 is 1.58 bits per heavy atom. The number of benzene rings is 1. The third-order valence-corrected chi connectivity index (χ3v) is 1.43. The topological polar surface area (TPSA) is 20.2 Å². The first-order valence-corrected chi connectivity index (χ1v) is 3.31. The van der Waals surface area contributed by atoms with E-state index < -0.39 is 13.0 Å². The zero-order chi connectivity index (χ0) is 9.19. The van der Waals surface area contributed by atoms with Gasteiger partial charge in [0, 0.05) is 0 Å². The molecule has 1 N–H and O–H groups in total. The minimum absolute atomic E-state index is 0.134. The molecule has 0 amide bonds. The molecule has 64 valence electrons. The summed E-state index contributed by atoms with van der Waals surface area (Å²) >= 11 is 0. The van der Waals surface area contributed by atoms with Gasteiger partial charge in [-0.05, 0) is 5.46 Å². The van der Waals surface area contributed by atoms with Crippen molar-refractivity contribution in [2.75, 3.05) is 0 Å². The first-order chi connectivity index (χ1) is 5.52. The first-order valence-electron chi connectivity index (χ1n) is 3.31. The van der Waals surface area contributed by atoms with E-state index in [0.717, 1.165) is 0 Å². The van der Waals surface area contributed by atoms with Crippen LogP contribution in [0.5, 0.6) is 0 Å². The van der Waals surface area contributed by atoms with Gasteiger partial charge in [0.15, 0.2) is 0 Å². The van der Waals surface area contributed by atoms with Crippen LogP contribution in [0.2, 0.25) is 0 Å². The van der Waals surface area contributed by atoms with Crippen LogP contribution >= 0.6 is 0 Å². The van der Waals surface area contributed by atoms with Gasteiger partial charge in [-0.3, -0.25) is 0 Å². The first kappa shape index (κ1) is 9.13.